The van der Waals surface area contributed by atoms with E-state index in [0.29, 0.717) is 6.54 Å². The Kier molecular flexibility index (Phi) is 6.16. The van der Waals surface area contributed by atoms with E-state index in [0.717, 1.165) is 23.7 Å². The molecule has 0 fully saturated rings. The summed E-state index contributed by atoms with van der Waals surface area (Å²) in [6.07, 6.45) is 0.782. The Morgan fingerprint density at radius 2 is 2.22 bits per heavy atom. The fraction of sp³-hybridized carbons (Fsp3) is 0.700. The zero-order valence-corrected chi connectivity index (χ0v) is 12.6. The SMILES string of the molecule is CNCCCN(C)S(=O)(=O)NCc1nc(C)cs1. The Morgan fingerprint density at radius 3 is 2.78 bits per heavy atom. The molecule has 6 nitrogen and oxygen atoms in total. The van der Waals surface area contributed by atoms with Gasteiger partial charge in [0.1, 0.15) is 5.01 Å². The van der Waals surface area contributed by atoms with Crippen molar-refractivity contribution < 1.29 is 8.42 Å². The van der Waals surface area contributed by atoms with Crippen molar-refractivity contribution >= 4 is 21.5 Å². The second-order valence-electron chi connectivity index (χ2n) is 3.99. The first-order valence-corrected chi connectivity index (χ1v) is 8.04. The second kappa shape index (κ2) is 7.15. The second-order valence-corrected chi connectivity index (χ2v) is 6.79. The quantitative estimate of drug-likeness (QED) is 0.677. The first-order valence-electron chi connectivity index (χ1n) is 5.72. The molecule has 0 saturated heterocycles. The van der Waals surface area contributed by atoms with Gasteiger partial charge in [-0.3, -0.25) is 0 Å². The van der Waals surface area contributed by atoms with Crippen molar-refractivity contribution in [1.29, 1.82) is 0 Å². The molecule has 0 radical (unpaired) electrons. The van der Waals surface area contributed by atoms with E-state index in [1.54, 1.807) is 7.05 Å². The number of thiazole rings is 1. The van der Waals surface area contributed by atoms with Crippen LogP contribution >= 0.6 is 11.3 Å². The maximum Gasteiger partial charge on any atom is 0.279 e. The highest BCUT2D eigenvalue weighted by atomic mass is 32.2. The van der Waals surface area contributed by atoms with Crippen molar-refractivity contribution in [3.63, 3.8) is 0 Å². The third-order valence-corrected chi connectivity index (χ3v) is 4.86. The van der Waals surface area contributed by atoms with Crippen LogP contribution in [0.3, 0.4) is 0 Å². The van der Waals surface area contributed by atoms with Gasteiger partial charge in [-0.05, 0) is 26.9 Å². The van der Waals surface area contributed by atoms with E-state index in [4.69, 9.17) is 0 Å². The van der Waals surface area contributed by atoms with Gasteiger partial charge in [-0.2, -0.15) is 17.4 Å². The lowest BCUT2D eigenvalue weighted by Gasteiger charge is -2.17. The van der Waals surface area contributed by atoms with Crippen LogP contribution < -0.4 is 10.0 Å². The Morgan fingerprint density at radius 1 is 1.50 bits per heavy atom. The molecule has 2 N–H and O–H groups in total. The van der Waals surface area contributed by atoms with Gasteiger partial charge in [-0.15, -0.1) is 11.3 Å². The van der Waals surface area contributed by atoms with E-state index in [1.165, 1.54) is 15.6 Å². The van der Waals surface area contributed by atoms with Crippen molar-refractivity contribution in [2.75, 3.05) is 27.2 Å². The largest absolute Gasteiger partial charge is 0.320 e. The molecule has 18 heavy (non-hydrogen) atoms. The average Bonchev–Trinajstić information content (AvgIpc) is 2.73. The number of hydrogen-bond acceptors (Lipinski definition) is 5. The molecule has 8 heteroatoms. The predicted molar refractivity (Wildman–Crippen MR) is 73.8 cm³/mol. The summed E-state index contributed by atoms with van der Waals surface area (Å²) >= 11 is 1.46. The Bertz CT molecular complexity index is 458. The van der Waals surface area contributed by atoms with Gasteiger partial charge >= 0.3 is 0 Å². The molecule has 0 aliphatic carbocycles. The first kappa shape index (κ1) is 15.5. The van der Waals surface area contributed by atoms with Crippen LogP contribution in [-0.4, -0.2) is 44.9 Å². The van der Waals surface area contributed by atoms with E-state index in [1.807, 2.05) is 19.4 Å². The standard InChI is InChI=1S/C10H20N4O2S2/c1-9-8-17-10(13-9)7-12-18(15,16)14(3)6-4-5-11-2/h8,11-12H,4-7H2,1-3H3. The van der Waals surface area contributed by atoms with Gasteiger partial charge < -0.3 is 5.32 Å². The lowest BCUT2D eigenvalue weighted by molar-refractivity contribution is 0.447. The minimum Gasteiger partial charge on any atom is -0.320 e. The predicted octanol–water partition coefficient (Wildman–Crippen LogP) is 0.327. The molecule has 1 aromatic heterocycles. The molecule has 0 aromatic carbocycles. The third-order valence-electron chi connectivity index (χ3n) is 2.38. The van der Waals surface area contributed by atoms with Crippen LogP contribution in [-0.2, 0) is 16.8 Å². The van der Waals surface area contributed by atoms with Crippen LogP contribution in [0, 0.1) is 6.92 Å². The van der Waals surface area contributed by atoms with Crippen molar-refractivity contribution in [2.24, 2.45) is 0 Å². The summed E-state index contributed by atoms with van der Waals surface area (Å²) in [5, 5.41) is 5.67. The molecule has 0 saturated carbocycles. The van der Waals surface area contributed by atoms with Gasteiger partial charge in [0.25, 0.3) is 10.2 Å². The molecule has 0 spiro atoms. The molecule has 1 heterocycles. The molecule has 0 atom stereocenters. The normalized spacial score (nSPS) is 12.2. The zero-order valence-electron chi connectivity index (χ0n) is 10.9. The fourth-order valence-corrected chi connectivity index (χ4v) is 3.06. The summed E-state index contributed by atoms with van der Waals surface area (Å²) in [4.78, 5) is 4.21. The number of aryl methyl sites for hydroxylation is 1. The third kappa shape index (κ3) is 4.99. The van der Waals surface area contributed by atoms with Gasteiger partial charge in [0, 0.05) is 24.7 Å². The summed E-state index contributed by atoms with van der Waals surface area (Å²) in [5.41, 5.74) is 0.913. The van der Waals surface area contributed by atoms with E-state index in [9.17, 15) is 8.42 Å². The Labute approximate surface area is 113 Å². The van der Waals surface area contributed by atoms with Gasteiger partial charge in [-0.25, -0.2) is 4.98 Å². The molecular formula is C10H20N4O2S2. The molecule has 1 rings (SSSR count). The Hall–Kier alpha value is -0.540. The summed E-state index contributed by atoms with van der Waals surface area (Å²) in [5.74, 6) is 0. The lowest BCUT2D eigenvalue weighted by atomic mass is 10.4. The van der Waals surface area contributed by atoms with Gasteiger partial charge in [0.15, 0.2) is 0 Å². The van der Waals surface area contributed by atoms with Crippen LogP contribution in [0.25, 0.3) is 0 Å². The van der Waals surface area contributed by atoms with Crippen molar-refractivity contribution in [1.82, 2.24) is 19.3 Å². The fourth-order valence-electron chi connectivity index (χ4n) is 1.35. The van der Waals surface area contributed by atoms with E-state index in [-0.39, 0.29) is 6.54 Å². The number of nitrogens with zero attached hydrogens (tertiary/aromatic N) is 2. The van der Waals surface area contributed by atoms with E-state index < -0.39 is 10.2 Å². The monoisotopic (exact) mass is 292 g/mol. The molecule has 1 aromatic rings. The van der Waals surface area contributed by atoms with Gasteiger partial charge in [-0.1, -0.05) is 0 Å². The van der Waals surface area contributed by atoms with Crippen molar-refractivity contribution in [3.05, 3.63) is 16.1 Å². The molecule has 0 unspecified atom stereocenters. The first-order chi connectivity index (χ1) is 8.45. The highest BCUT2D eigenvalue weighted by Crippen LogP contribution is 2.08. The highest BCUT2D eigenvalue weighted by Gasteiger charge is 2.16. The van der Waals surface area contributed by atoms with Crippen LogP contribution in [0.5, 0.6) is 0 Å². The summed E-state index contributed by atoms with van der Waals surface area (Å²) in [6.45, 7) is 3.42. The van der Waals surface area contributed by atoms with Gasteiger partial charge in [0.2, 0.25) is 0 Å². The maximum absolute atomic E-state index is 11.9. The van der Waals surface area contributed by atoms with Gasteiger partial charge in [0.05, 0.1) is 6.54 Å². The van der Waals surface area contributed by atoms with Crippen LogP contribution in [0.4, 0.5) is 0 Å². The highest BCUT2D eigenvalue weighted by molar-refractivity contribution is 7.87. The van der Waals surface area contributed by atoms with Crippen molar-refractivity contribution in [2.45, 2.75) is 19.9 Å². The minimum absolute atomic E-state index is 0.247. The zero-order chi connectivity index (χ0) is 13.6. The van der Waals surface area contributed by atoms with Crippen LogP contribution in [0.15, 0.2) is 5.38 Å². The lowest BCUT2D eigenvalue weighted by Crippen LogP contribution is -2.38. The molecule has 0 bridgehead atoms. The maximum atomic E-state index is 11.9. The van der Waals surface area contributed by atoms with Crippen LogP contribution in [0.1, 0.15) is 17.1 Å². The summed E-state index contributed by atoms with van der Waals surface area (Å²) in [7, 11) is 0.0118. The van der Waals surface area contributed by atoms with E-state index >= 15 is 0 Å². The topological polar surface area (TPSA) is 74.3 Å². The Balaban J connectivity index is 2.43. The molecule has 0 aliphatic heterocycles. The number of rotatable bonds is 8. The average molecular weight is 292 g/mol. The smallest absolute Gasteiger partial charge is 0.279 e. The summed E-state index contributed by atoms with van der Waals surface area (Å²) < 4.78 is 27.6. The number of nitrogens with one attached hydrogen (secondary N) is 2. The molecule has 104 valence electrons. The molecule has 0 aliphatic rings. The van der Waals surface area contributed by atoms with Crippen LogP contribution in [0.2, 0.25) is 0 Å². The van der Waals surface area contributed by atoms with E-state index in [2.05, 4.69) is 15.0 Å². The van der Waals surface area contributed by atoms with Crippen molar-refractivity contribution in [3.8, 4) is 0 Å². The summed E-state index contributed by atoms with van der Waals surface area (Å²) in [6, 6.07) is 0. The molecular weight excluding hydrogens is 272 g/mol. The number of hydrogen-bond donors (Lipinski definition) is 2. The minimum atomic E-state index is -3.41. The number of aromatic nitrogens is 1. The molecule has 0 amide bonds.